The van der Waals surface area contributed by atoms with Gasteiger partial charge >= 0.3 is 0 Å². The minimum atomic E-state index is -0.361. The van der Waals surface area contributed by atoms with Gasteiger partial charge in [-0.3, -0.25) is 4.79 Å². The summed E-state index contributed by atoms with van der Waals surface area (Å²) in [6.45, 7) is 4.32. The second-order valence-corrected chi connectivity index (χ2v) is 9.74. The van der Waals surface area contributed by atoms with Crippen LogP contribution in [0, 0.1) is 5.41 Å². The first-order valence-corrected chi connectivity index (χ1v) is 10.7. The zero-order valence-corrected chi connectivity index (χ0v) is 18.0. The van der Waals surface area contributed by atoms with E-state index in [1.165, 1.54) is 5.39 Å². The van der Waals surface area contributed by atoms with Gasteiger partial charge in [0.05, 0.1) is 6.04 Å². The molecule has 0 spiro atoms. The number of halogens is 1. The van der Waals surface area contributed by atoms with Crippen LogP contribution in [-0.4, -0.2) is 10.9 Å². The van der Waals surface area contributed by atoms with Crippen molar-refractivity contribution in [2.24, 2.45) is 5.41 Å². The molecule has 3 aromatic rings. The summed E-state index contributed by atoms with van der Waals surface area (Å²) in [7, 11) is 0. The summed E-state index contributed by atoms with van der Waals surface area (Å²) in [4.78, 5) is 13.4. The molecular weight excluding hydrogens is 426 g/mol. The molecule has 0 saturated carbocycles. The minimum absolute atomic E-state index is 0.0919. The summed E-state index contributed by atoms with van der Waals surface area (Å²) in [5, 5.41) is 16.5. The van der Waals surface area contributed by atoms with Gasteiger partial charge in [-0.2, -0.15) is 0 Å². The molecule has 0 unspecified atom stereocenters. The van der Waals surface area contributed by atoms with Gasteiger partial charge in [0.25, 0.3) is 0 Å². The Morgan fingerprint density at radius 3 is 2.69 bits per heavy atom. The van der Waals surface area contributed by atoms with E-state index in [1.807, 2.05) is 24.3 Å². The SMILES string of the molecule is CC1(C)CC(=O)C2=C(C1)c1c(ccc3ccccc13)N[C@@H]2c1cc(Br)ccc1O. The van der Waals surface area contributed by atoms with E-state index >= 15 is 0 Å². The van der Waals surface area contributed by atoms with Crippen LogP contribution in [0.5, 0.6) is 5.75 Å². The molecule has 0 radical (unpaired) electrons. The van der Waals surface area contributed by atoms with Crippen LogP contribution in [0.1, 0.15) is 43.9 Å². The Labute approximate surface area is 178 Å². The third-order valence-corrected chi connectivity index (χ3v) is 6.53. The molecule has 1 heterocycles. The minimum Gasteiger partial charge on any atom is -0.508 e. The van der Waals surface area contributed by atoms with Crippen LogP contribution in [0.3, 0.4) is 0 Å². The lowest BCUT2D eigenvalue weighted by molar-refractivity contribution is -0.118. The molecule has 0 amide bonds. The number of hydrogen-bond acceptors (Lipinski definition) is 3. The summed E-state index contributed by atoms with van der Waals surface area (Å²) in [5.41, 5.74) is 4.68. The molecule has 1 atom stereocenters. The van der Waals surface area contributed by atoms with Gasteiger partial charge in [-0.05, 0) is 52.4 Å². The molecule has 0 saturated heterocycles. The number of anilines is 1. The van der Waals surface area contributed by atoms with Crippen molar-refractivity contribution < 1.29 is 9.90 Å². The smallest absolute Gasteiger partial charge is 0.162 e. The highest BCUT2D eigenvalue weighted by atomic mass is 79.9. The molecule has 146 valence electrons. The van der Waals surface area contributed by atoms with Crippen molar-refractivity contribution in [3.63, 3.8) is 0 Å². The Morgan fingerprint density at radius 2 is 1.86 bits per heavy atom. The van der Waals surface area contributed by atoms with Crippen molar-refractivity contribution in [1.82, 2.24) is 0 Å². The van der Waals surface area contributed by atoms with Gasteiger partial charge in [0.2, 0.25) is 0 Å². The van der Waals surface area contributed by atoms with Gasteiger partial charge in [-0.1, -0.05) is 60.1 Å². The zero-order valence-electron chi connectivity index (χ0n) is 16.4. The lowest BCUT2D eigenvalue weighted by Crippen LogP contribution is -2.33. The number of carbonyl (C=O) groups is 1. The second-order valence-electron chi connectivity index (χ2n) is 8.82. The number of benzene rings is 3. The van der Waals surface area contributed by atoms with Crippen molar-refractivity contribution in [2.45, 2.75) is 32.7 Å². The van der Waals surface area contributed by atoms with E-state index in [1.54, 1.807) is 6.07 Å². The molecule has 4 heteroatoms. The van der Waals surface area contributed by atoms with Gasteiger partial charge in [0.1, 0.15) is 5.75 Å². The van der Waals surface area contributed by atoms with E-state index in [4.69, 9.17) is 0 Å². The number of allylic oxidation sites excluding steroid dienone is 1. The fourth-order valence-electron chi connectivity index (χ4n) is 4.83. The van der Waals surface area contributed by atoms with Crippen LogP contribution in [0.25, 0.3) is 16.3 Å². The van der Waals surface area contributed by atoms with Crippen LogP contribution in [0.4, 0.5) is 5.69 Å². The average Bonchev–Trinajstić information content (AvgIpc) is 2.67. The number of Topliss-reactive ketones (excluding diaryl/α,β-unsaturated/α-hetero) is 1. The first kappa shape index (κ1) is 18.4. The molecule has 0 bridgehead atoms. The summed E-state index contributed by atoms with van der Waals surface area (Å²) >= 11 is 3.51. The quantitative estimate of drug-likeness (QED) is 0.440. The predicted octanol–water partition coefficient (Wildman–Crippen LogP) is 6.62. The molecule has 1 aliphatic heterocycles. The monoisotopic (exact) mass is 447 g/mol. The molecule has 0 fully saturated rings. The Hall–Kier alpha value is -2.59. The molecule has 0 aromatic heterocycles. The number of phenols is 1. The molecule has 2 N–H and O–H groups in total. The standard InChI is InChI=1S/C25H22BrNO2/c1-25(2)12-18-22-16-6-4-3-5-14(16)7-9-19(22)27-24(23(18)21(29)13-25)17-11-15(26)8-10-20(17)28/h3-11,24,27-28H,12-13H2,1-2H3/t24-/m1/s1. The van der Waals surface area contributed by atoms with E-state index in [0.29, 0.717) is 6.42 Å². The Morgan fingerprint density at radius 1 is 1.07 bits per heavy atom. The number of fused-ring (bicyclic) bond motifs is 4. The first-order valence-electron chi connectivity index (χ1n) is 9.87. The highest BCUT2D eigenvalue weighted by molar-refractivity contribution is 9.10. The normalized spacial score (nSPS) is 20.2. The fourth-order valence-corrected chi connectivity index (χ4v) is 5.21. The van der Waals surface area contributed by atoms with Crippen LogP contribution in [0.2, 0.25) is 0 Å². The van der Waals surface area contributed by atoms with Crippen LogP contribution in [-0.2, 0) is 4.79 Å². The van der Waals surface area contributed by atoms with Crippen molar-refractivity contribution in [3.8, 4) is 5.75 Å². The maximum atomic E-state index is 13.4. The van der Waals surface area contributed by atoms with Gasteiger partial charge in [-0.25, -0.2) is 0 Å². The third-order valence-electron chi connectivity index (χ3n) is 6.04. The molecule has 29 heavy (non-hydrogen) atoms. The number of hydrogen-bond donors (Lipinski definition) is 2. The molecule has 3 nitrogen and oxygen atoms in total. The van der Waals surface area contributed by atoms with Crippen molar-refractivity contribution in [3.05, 3.63) is 75.8 Å². The lowest BCUT2D eigenvalue weighted by atomic mass is 9.68. The van der Waals surface area contributed by atoms with Crippen LogP contribution in [0.15, 0.2) is 64.6 Å². The highest BCUT2D eigenvalue weighted by Crippen LogP contribution is 2.52. The number of aromatic hydroxyl groups is 1. The third kappa shape index (κ3) is 2.98. The zero-order chi connectivity index (χ0) is 20.3. The van der Waals surface area contributed by atoms with Crippen molar-refractivity contribution >= 4 is 43.7 Å². The van der Waals surface area contributed by atoms with E-state index in [2.05, 4.69) is 59.4 Å². The second kappa shape index (κ2) is 6.46. The van der Waals surface area contributed by atoms with Crippen LogP contribution >= 0.6 is 15.9 Å². The van der Waals surface area contributed by atoms with E-state index in [0.717, 1.165) is 44.2 Å². The van der Waals surface area contributed by atoms with E-state index in [9.17, 15) is 9.90 Å². The van der Waals surface area contributed by atoms with Gasteiger partial charge in [0, 0.05) is 33.3 Å². The molecule has 2 aliphatic rings. The summed E-state index contributed by atoms with van der Waals surface area (Å²) in [6.07, 6.45) is 1.35. The van der Waals surface area contributed by atoms with E-state index in [-0.39, 0.29) is 23.0 Å². The average molecular weight is 448 g/mol. The Kier molecular flexibility index (Phi) is 4.11. The molecule has 5 rings (SSSR count). The largest absolute Gasteiger partial charge is 0.508 e. The lowest BCUT2D eigenvalue weighted by Gasteiger charge is -2.40. The Balaban J connectivity index is 1.82. The van der Waals surface area contributed by atoms with Crippen molar-refractivity contribution in [1.29, 1.82) is 0 Å². The molecule has 1 aliphatic carbocycles. The summed E-state index contributed by atoms with van der Waals surface area (Å²) in [5.74, 6) is 0.353. The Bertz CT molecular complexity index is 1210. The van der Waals surface area contributed by atoms with Gasteiger partial charge in [-0.15, -0.1) is 0 Å². The first-order chi connectivity index (χ1) is 13.8. The van der Waals surface area contributed by atoms with E-state index < -0.39 is 0 Å². The topological polar surface area (TPSA) is 49.3 Å². The number of carbonyl (C=O) groups excluding carboxylic acids is 1. The predicted molar refractivity (Wildman–Crippen MR) is 121 cm³/mol. The highest BCUT2D eigenvalue weighted by Gasteiger charge is 2.41. The fraction of sp³-hybridized carbons (Fsp3) is 0.240. The van der Waals surface area contributed by atoms with Crippen molar-refractivity contribution in [2.75, 3.05) is 5.32 Å². The number of phenolic OH excluding ortho intramolecular Hbond substituents is 1. The number of nitrogens with one attached hydrogen (secondary N) is 1. The number of rotatable bonds is 1. The molecular formula is C25H22BrNO2. The van der Waals surface area contributed by atoms with Crippen LogP contribution < -0.4 is 5.32 Å². The maximum absolute atomic E-state index is 13.4. The van der Waals surface area contributed by atoms with Gasteiger partial charge < -0.3 is 10.4 Å². The molecule has 3 aromatic carbocycles. The summed E-state index contributed by atoms with van der Waals surface area (Å²) < 4.78 is 0.877. The maximum Gasteiger partial charge on any atom is 0.162 e. The number of ketones is 1. The van der Waals surface area contributed by atoms with Gasteiger partial charge in [0.15, 0.2) is 5.78 Å². The summed E-state index contributed by atoms with van der Waals surface area (Å²) in [6, 6.07) is 17.6.